The number of aryl methyl sites for hydroxylation is 1. The van der Waals surface area contributed by atoms with Crippen LogP contribution in [0.1, 0.15) is 36.3 Å². The number of aromatic nitrogens is 3. The van der Waals surface area contributed by atoms with Crippen molar-refractivity contribution in [2.45, 2.75) is 26.0 Å². The number of benzene rings is 1. The number of rotatable bonds is 4. The Morgan fingerprint density at radius 3 is 2.65 bits per heavy atom. The minimum atomic E-state index is -0.328. The lowest BCUT2D eigenvalue weighted by Crippen LogP contribution is -2.46. The lowest BCUT2D eigenvalue weighted by Gasteiger charge is -2.34. The van der Waals surface area contributed by atoms with Crippen LogP contribution in [0.4, 0.5) is 0 Å². The molecule has 0 bridgehead atoms. The van der Waals surface area contributed by atoms with Gasteiger partial charge in [0, 0.05) is 12.6 Å². The second-order valence-electron chi connectivity index (χ2n) is 6.15. The Hall–Kier alpha value is -1.67. The highest BCUT2D eigenvalue weighted by Crippen LogP contribution is 2.25. The highest BCUT2D eigenvalue weighted by atomic mass is 35.5. The summed E-state index contributed by atoms with van der Waals surface area (Å²) >= 11 is 0. The van der Waals surface area contributed by atoms with Crippen molar-refractivity contribution < 1.29 is 9.53 Å². The van der Waals surface area contributed by atoms with E-state index in [0.29, 0.717) is 25.5 Å². The third kappa shape index (κ3) is 4.94. The molecule has 1 aromatic carbocycles. The smallest absolute Gasteiger partial charge is 0.227 e. The van der Waals surface area contributed by atoms with Gasteiger partial charge in [-0.05, 0) is 12.5 Å². The number of halogens is 2. The summed E-state index contributed by atoms with van der Waals surface area (Å²) < 4.78 is 5.71. The van der Waals surface area contributed by atoms with E-state index in [9.17, 15) is 4.79 Å². The normalized spacial score (nSPS) is 19.0. The molecule has 26 heavy (non-hydrogen) atoms. The molecule has 2 heterocycles. The Morgan fingerprint density at radius 1 is 1.35 bits per heavy atom. The molecule has 2 aromatic rings. The topological polar surface area (TPSA) is 97.1 Å². The molecule has 7 nitrogen and oxygen atoms in total. The van der Waals surface area contributed by atoms with Crippen LogP contribution >= 0.6 is 24.8 Å². The first kappa shape index (κ1) is 22.4. The summed E-state index contributed by atoms with van der Waals surface area (Å²) in [6.07, 6.45) is -0.298. The van der Waals surface area contributed by atoms with E-state index in [1.807, 2.05) is 44.2 Å². The standard InChI is InChI=1S/C17H23N5O2.2ClH/c1-11(15(18)13-6-4-3-5-7-13)17(23)22-8-9-24-14(10-22)16-19-12(2)20-21-16;;/h3-7,11,14-15H,8-10,18H2,1-2H3,(H,19,20,21);2*1H. The van der Waals surface area contributed by atoms with Gasteiger partial charge in [-0.15, -0.1) is 24.8 Å². The van der Waals surface area contributed by atoms with Crippen molar-refractivity contribution in [1.29, 1.82) is 0 Å². The van der Waals surface area contributed by atoms with Crippen LogP contribution in [0.5, 0.6) is 0 Å². The van der Waals surface area contributed by atoms with Gasteiger partial charge in [0.05, 0.1) is 19.1 Å². The zero-order valence-electron chi connectivity index (χ0n) is 14.8. The molecule has 0 aliphatic carbocycles. The molecule has 144 valence electrons. The van der Waals surface area contributed by atoms with Crippen molar-refractivity contribution in [2.75, 3.05) is 19.7 Å². The average Bonchev–Trinajstić information content (AvgIpc) is 3.07. The Morgan fingerprint density at radius 2 is 2.04 bits per heavy atom. The number of morpholine rings is 1. The first-order valence-corrected chi connectivity index (χ1v) is 8.16. The van der Waals surface area contributed by atoms with Gasteiger partial charge in [0.2, 0.25) is 5.91 Å². The minimum Gasteiger partial charge on any atom is -0.366 e. The molecular weight excluding hydrogens is 377 g/mol. The average molecular weight is 402 g/mol. The highest BCUT2D eigenvalue weighted by molar-refractivity contribution is 5.85. The number of carbonyl (C=O) groups is 1. The van der Waals surface area contributed by atoms with E-state index < -0.39 is 0 Å². The fourth-order valence-electron chi connectivity index (χ4n) is 2.92. The SMILES string of the molecule is Cc1nc(C2CN(C(=O)C(C)C(N)c3ccccc3)CCO2)n[nH]1.Cl.Cl. The lowest BCUT2D eigenvalue weighted by atomic mass is 9.94. The highest BCUT2D eigenvalue weighted by Gasteiger charge is 2.32. The van der Waals surface area contributed by atoms with Crippen molar-refractivity contribution in [3.8, 4) is 0 Å². The second-order valence-corrected chi connectivity index (χ2v) is 6.15. The van der Waals surface area contributed by atoms with Crippen molar-refractivity contribution in [3.63, 3.8) is 0 Å². The molecule has 0 saturated carbocycles. The molecule has 1 fully saturated rings. The van der Waals surface area contributed by atoms with Gasteiger partial charge < -0.3 is 15.4 Å². The zero-order chi connectivity index (χ0) is 17.1. The van der Waals surface area contributed by atoms with E-state index in [1.54, 1.807) is 4.90 Å². The lowest BCUT2D eigenvalue weighted by molar-refractivity contribution is -0.143. The van der Waals surface area contributed by atoms with E-state index in [4.69, 9.17) is 10.5 Å². The zero-order valence-corrected chi connectivity index (χ0v) is 16.4. The van der Waals surface area contributed by atoms with Crippen LogP contribution < -0.4 is 5.73 Å². The predicted molar refractivity (Wildman–Crippen MR) is 103 cm³/mol. The maximum absolute atomic E-state index is 12.8. The number of nitrogens with one attached hydrogen (secondary N) is 1. The molecule has 1 amide bonds. The quantitative estimate of drug-likeness (QED) is 0.817. The molecule has 3 rings (SSSR count). The summed E-state index contributed by atoms with van der Waals surface area (Å²) in [5, 5.41) is 6.94. The maximum atomic E-state index is 12.8. The van der Waals surface area contributed by atoms with Crippen LogP contribution in [0.2, 0.25) is 0 Å². The second kappa shape index (κ2) is 9.87. The van der Waals surface area contributed by atoms with E-state index in [2.05, 4.69) is 15.2 Å². The molecule has 1 aliphatic rings. The molecule has 3 unspecified atom stereocenters. The van der Waals surface area contributed by atoms with E-state index in [1.165, 1.54) is 0 Å². The van der Waals surface area contributed by atoms with Crippen LogP contribution in [-0.2, 0) is 9.53 Å². The van der Waals surface area contributed by atoms with Gasteiger partial charge in [-0.1, -0.05) is 37.3 Å². The number of amides is 1. The van der Waals surface area contributed by atoms with Gasteiger partial charge in [0.15, 0.2) is 5.82 Å². The molecule has 9 heteroatoms. The summed E-state index contributed by atoms with van der Waals surface area (Å²) in [5.74, 6) is 1.05. The van der Waals surface area contributed by atoms with Crippen LogP contribution in [0, 0.1) is 12.8 Å². The van der Waals surface area contributed by atoms with E-state index in [-0.39, 0.29) is 48.8 Å². The van der Waals surface area contributed by atoms with Gasteiger partial charge in [0.1, 0.15) is 11.9 Å². The summed E-state index contributed by atoms with van der Waals surface area (Å²) in [5.41, 5.74) is 7.25. The van der Waals surface area contributed by atoms with Crippen LogP contribution in [-0.4, -0.2) is 45.7 Å². The van der Waals surface area contributed by atoms with Gasteiger partial charge in [0.25, 0.3) is 0 Å². The summed E-state index contributed by atoms with van der Waals surface area (Å²) in [6, 6.07) is 9.38. The van der Waals surface area contributed by atoms with Crippen molar-refractivity contribution in [1.82, 2.24) is 20.1 Å². The Labute approximate surface area is 165 Å². The van der Waals surface area contributed by atoms with E-state index >= 15 is 0 Å². The molecule has 1 aliphatic heterocycles. The Kier molecular flexibility index (Phi) is 8.49. The molecule has 0 radical (unpaired) electrons. The number of hydrogen-bond donors (Lipinski definition) is 2. The molecule has 3 atom stereocenters. The van der Waals surface area contributed by atoms with E-state index in [0.717, 1.165) is 11.4 Å². The first-order valence-electron chi connectivity index (χ1n) is 8.16. The molecule has 1 aromatic heterocycles. The third-order valence-corrected chi connectivity index (χ3v) is 4.39. The minimum absolute atomic E-state index is 0. The Balaban J connectivity index is 0.00000169. The number of aromatic amines is 1. The fraction of sp³-hybridized carbons (Fsp3) is 0.471. The Bertz CT molecular complexity index is 697. The summed E-state index contributed by atoms with van der Waals surface area (Å²) in [6.45, 7) is 5.19. The predicted octanol–water partition coefficient (Wildman–Crippen LogP) is 2.19. The number of hydrogen-bond acceptors (Lipinski definition) is 5. The number of nitrogens with two attached hydrogens (primary N) is 1. The number of nitrogens with zero attached hydrogens (tertiary/aromatic N) is 3. The summed E-state index contributed by atoms with van der Waals surface area (Å²) in [7, 11) is 0. The van der Waals surface area contributed by atoms with Crippen LogP contribution in [0.3, 0.4) is 0 Å². The van der Waals surface area contributed by atoms with Crippen LogP contribution in [0.15, 0.2) is 30.3 Å². The largest absolute Gasteiger partial charge is 0.366 e. The molecule has 3 N–H and O–H groups in total. The first-order chi connectivity index (χ1) is 11.6. The number of carbonyl (C=O) groups excluding carboxylic acids is 1. The third-order valence-electron chi connectivity index (χ3n) is 4.39. The van der Waals surface area contributed by atoms with Gasteiger partial charge in [-0.3, -0.25) is 9.89 Å². The van der Waals surface area contributed by atoms with Gasteiger partial charge >= 0.3 is 0 Å². The van der Waals surface area contributed by atoms with Gasteiger partial charge in [-0.2, -0.15) is 5.10 Å². The van der Waals surface area contributed by atoms with Crippen molar-refractivity contribution >= 4 is 30.7 Å². The maximum Gasteiger partial charge on any atom is 0.227 e. The molecule has 0 spiro atoms. The fourth-order valence-corrected chi connectivity index (χ4v) is 2.92. The summed E-state index contributed by atoms with van der Waals surface area (Å²) in [4.78, 5) is 18.9. The molecular formula is C17H25Cl2N5O2. The monoisotopic (exact) mass is 401 g/mol. The number of ether oxygens (including phenoxy) is 1. The number of H-pyrrole nitrogens is 1. The van der Waals surface area contributed by atoms with Gasteiger partial charge in [-0.25, -0.2) is 4.98 Å². The molecule has 1 saturated heterocycles. The van der Waals surface area contributed by atoms with Crippen molar-refractivity contribution in [2.24, 2.45) is 11.7 Å². The van der Waals surface area contributed by atoms with Crippen LogP contribution in [0.25, 0.3) is 0 Å². The van der Waals surface area contributed by atoms with Crippen molar-refractivity contribution in [3.05, 3.63) is 47.5 Å².